The van der Waals surface area contributed by atoms with Gasteiger partial charge >= 0.3 is 0 Å². The van der Waals surface area contributed by atoms with Crippen molar-refractivity contribution in [3.05, 3.63) is 64.3 Å². The molecule has 0 aliphatic carbocycles. The minimum atomic E-state index is -0.778. The van der Waals surface area contributed by atoms with Crippen molar-refractivity contribution in [2.75, 3.05) is 13.2 Å². The first-order chi connectivity index (χ1) is 15.4. The van der Waals surface area contributed by atoms with Gasteiger partial charge in [-0.2, -0.15) is 0 Å². The summed E-state index contributed by atoms with van der Waals surface area (Å²) in [7, 11) is 0. The van der Waals surface area contributed by atoms with Gasteiger partial charge < -0.3 is 19.6 Å². The number of furan rings is 1. The van der Waals surface area contributed by atoms with Gasteiger partial charge in [0.1, 0.15) is 22.8 Å². The van der Waals surface area contributed by atoms with E-state index in [9.17, 15) is 19.1 Å². The van der Waals surface area contributed by atoms with E-state index in [0.29, 0.717) is 47.4 Å². The Bertz CT molecular complexity index is 1170. The maximum atomic E-state index is 14.5. The molecule has 168 valence electrons. The van der Waals surface area contributed by atoms with Crippen LogP contribution in [0.25, 0.3) is 11.1 Å². The maximum Gasteiger partial charge on any atom is 0.270 e. The van der Waals surface area contributed by atoms with Crippen LogP contribution in [0.5, 0.6) is 0 Å². The molecule has 1 fully saturated rings. The lowest BCUT2D eigenvalue weighted by atomic mass is 10.00. The zero-order chi connectivity index (χ0) is 22.8. The fraction of sp³-hybridized carbons (Fsp3) is 0.375. The highest BCUT2D eigenvalue weighted by Crippen LogP contribution is 2.26. The second-order valence-electron chi connectivity index (χ2n) is 8.02. The highest BCUT2D eigenvalue weighted by molar-refractivity contribution is 5.96. The van der Waals surface area contributed by atoms with Crippen LogP contribution >= 0.6 is 0 Å². The number of aliphatic hydroxyl groups is 1. The quantitative estimate of drug-likeness (QED) is 0.570. The first kappa shape index (κ1) is 22.1. The Labute approximate surface area is 184 Å². The molecule has 2 atom stereocenters. The van der Waals surface area contributed by atoms with Crippen LogP contribution in [-0.4, -0.2) is 47.1 Å². The molecule has 3 heterocycles. The van der Waals surface area contributed by atoms with E-state index in [-0.39, 0.29) is 30.1 Å². The molecule has 0 unspecified atom stereocenters. The SMILES string of the molecule is CCC(=O)c1ccc(Cc2cc(C(=O)N[C@H]3CCOC[C@@H]3O)nc3cc(C)oc23)cc1F. The topological polar surface area (TPSA) is 102 Å². The van der Waals surface area contributed by atoms with Crippen LogP contribution < -0.4 is 5.32 Å². The first-order valence-electron chi connectivity index (χ1n) is 10.6. The molecule has 32 heavy (non-hydrogen) atoms. The molecule has 1 aliphatic rings. The summed E-state index contributed by atoms with van der Waals surface area (Å²) in [6, 6.07) is 7.47. The van der Waals surface area contributed by atoms with Crippen molar-refractivity contribution in [1.82, 2.24) is 10.3 Å². The third-order valence-electron chi connectivity index (χ3n) is 5.60. The lowest BCUT2D eigenvalue weighted by molar-refractivity contribution is -0.0261. The van der Waals surface area contributed by atoms with Gasteiger partial charge in [0.25, 0.3) is 5.91 Å². The molecule has 2 aromatic heterocycles. The number of carbonyl (C=O) groups excluding carboxylic acids is 2. The number of halogens is 1. The highest BCUT2D eigenvalue weighted by atomic mass is 19.1. The lowest BCUT2D eigenvalue weighted by Crippen LogP contribution is -2.48. The summed E-state index contributed by atoms with van der Waals surface area (Å²) in [4.78, 5) is 29.1. The van der Waals surface area contributed by atoms with Crippen LogP contribution in [0, 0.1) is 12.7 Å². The second-order valence-corrected chi connectivity index (χ2v) is 8.02. The zero-order valence-electron chi connectivity index (χ0n) is 18.0. The molecule has 0 saturated carbocycles. The van der Waals surface area contributed by atoms with Gasteiger partial charge in [0.2, 0.25) is 0 Å². The van der Waals surface area contributed by atoms with Gasteiger partial charge in [-0.15, -0.1) is 0 Å². The molecule has 7 nitrogen and oxygen atoms in total. The highest BCUT2D eigenvalue weighted by Gasteiger charge is 2.26. The number of amides is 1. The van der Waals surface area contributed by atoms with Gasteiger partial charge in [0.05, 0.1) is 24.3 Å². The summed E-state index contributed by atoms with van der Waals surface area (Å²) >= 11 is 0. The van der Waals surface area contributed by atoms with Crippen LogP contribution in [0.1, 0.15) is 57.5 Å². The van der Waals surface area contributed by atoms with Crippen molar-refractivity contribution in [2.45, 2.75) is 45.3 Å². The van der Waals surface area contributed by atoms with Crippen molar-refractivity contribution in [2.24, 2.45) is 0 Å². The fourth-order valence-electron chi connectivity index (χ4n) is 3.89. The molecule has 2 N–H and O–H groups in total. The first-order valence-corrected chi connectivity index (χ1v) is 10.6. The molecular weight excluding hydrogens is 415 g/mol. The van der Waals surface area contributed by atoms with E-state index in [1.165, 1.54) is 12.1 Å². The molecule has 8 heteroatoms. The predicted octanol–water partition coefficient (Wildman–Crippen LogP) is 3.34. The number of nitrogens with zero attached hydrogens (tertiary/aromatic N) is 1. The minimum Gasteiger partial charge on any atom is -0.459 e. The third kappa shape index (κ3) is 4.56. The number of rotatable bonds is 6. The number of aliphatic hydroxyl groups excluding tert-OH is 1. The molecule has 3 aromatic rings. The summed E-state index contributed by atoms with van der Waals surface area (Å²) in [5.74, 6) is -0.590. The molecule has 0 bridgehead atoms. The van der Waals surface area contributed by atoms with Gasteiger partial charge in [-0.25, -0.2) is 9.37 Å². The number of hydrogen-bond donors (Lipinski definition) is 2. The lowest BCUT2D eigenvalue weighted by Gasteiger charge is -2.28. The smallest absolute Gasteiger partial charge is 0.270 e. The summed E-state index contributed by atoms with van der Waals surface area (Å²) < 4.78 is 25.4. The Morgan fingerprint density at radius 1 is 1.28 bits per heavy atom. The van der Waals surface area contributed by atoms with Crippen molar-refractivity contribution in [3.8, 4) is 0 Å². The van der Waals surface area contributed by atoms with Crippen LogP contribution in [0.3, 0.4) is 0 Å². The summed E-state index contributed by atoms with van der Waals surface area (Å²) in [5, 5.41) is 12.9. The number of carbonyl (C=O) groups is 2. The van der Waals surface area contributed by atoms with Crippen LogP contribution in [0.2, 0.25) is 0 Å². The number of benzene rings is 1. The van der Waals surface area contributed by atoms with E-state index in [0.717, 1.165) is 0 Å². The molecule has 1 amide bonds. The summed E-state index contributed by atoms with van der Waals surface area (Å²) in [6.45, 7) is 4.11. The Kier molecular flexibility index (Phi) is 6.34. The van der Waals surface area contributed by atoms with Crippen molar-refractivity contribution >= 4 is 22.8 Å². The van der Waals surface area contributed by atoms with E-state index in [1.54, 1.807) is 32.0 Å². The third-order valence-corrected chi connectivity index (χ3v) is 5.60. The summed E-state index contributed by atoms with van der Waals surface area (Å²) in [6.07, 6.45) is 0.255. The molecule has 1 saturated heterocycles. The molecule has 4 rings (SSSR count). The molecule has 0 radical (unpaired) electrons. The maximum absolute atomic E-state index is 14.5. The zero-order valence-corrected chi connectivity index (χ0v) is 18.0. The number of hydrogen-bond acceptors (Lipinski definition) is 6. The minimum absolute atomic E-state index is 0.0695. The number of ketones is 1. The van der Waals surface area contributed by atoms with E-state index in [1.807, 2.05) is 0 Å². The van der Waals surface area contributed by atoms with Crippen LogP contribution in [0.4, 0.5) is 4.39 Å². The van der Waals surface area contributed by atoms with Crippen LogP contribution in [0.15, 0.2) is 34.7 Å². The van der Waals surface area contributed by atoms with Crippen molar-refractivity contribution in [1.29, 1.82) is 0 Å². The van der Waals surface area contributed by atoms with E-state index < -0.39 is 23.9 Å². The predicted molar refractivity (Wildman–Crippen MR) is 115 cm³/mol. The molecular formula is C24H25FN2O5. The Balaban J connectivity index is 1.64. The van der Waals surface area contributed by atoms with Crippen molar-refractivity contribution in [3.63, 3.8) is 0 Å². The molecule has 0 spiro atoms. The van der Waals surface area contributed by atoms with E-state index in [4.69, 9.17) is 9.15 Å². The number of aromatic nitrogens is 1. The van der Waals surface area contributed by atoms with E-state index in [2.05, 4.69) is 10.3 Å². The van der Waals surface area contributed by atoms with Gasteiger partial charge in [0.15, 0.2) is 11.4 Å². The molecule has 1 aliphatic heterocycles. The number of fused-ring (bicyclic) bond motifs is 1. The average Bonchev–Trinajstić information content (AvgIpc) is 3.15. The fourth-order valence-corrected chi connectivity index (χ4v) is 3.89. The monoisotopic (exact) mass is 440 g/mol. The second kappa shape index (κ2) is 9.18. The van der Waals surface area contributed by atoms with E-state index >= 15 is 0 Å². The van der Waals surface area contributed by atoms with Crippen LogP contribution in [-0.2, 0) is 11.2 Å². The Morgan fingerprint density at radius 2 is 2.09 bits per heavy atom. The van der Waals surface area contributed by atoms with Gasteiger partial charge in [-0.3, -0.25) is 9.59 Å². The Morgan fingerprint density at radius 3 is 2.81 bits per heavy atom. The standard InChI is InChI=1S/C24H25FN2O5/c1-3-21(28)16-5-4-14(10-17(16)25)9-15-11-20(26-19-8-13(2)32-23(15)19)24(30)27-18-6-7-31-12-22(18)29/h4-5,8,10-11,18,22,29H,3,6-7,9,12H2,1-2H3,(H,27,30)/t18-,22-/m0/s1. The number of nitrogens with one attached hydrogen (secondary N) is 1. The van der Waals surface area contributed by atoms with Gasteiger partial charge in [-0.05, 0) is 37.1 Å². The number of pyridine rings is 1. The largest absolute Gasteiger partial charge is 0.459 e. The van der Waals surface area contributed by atoms with Gasteiger partial charge in [-0.1, -0.05) is 13.0 Å². The summed E-state index contributed by atoms with van der Waals surface area (Å²) in [5.41, 5.74) is 2.62. The number of Topliss-reactive ketones (excluding diaryl/α,β-unsaturated/α-hetero) is 1. The Hall–Kier alpha value is -3.10. The average molecular weight is 440 g/mol. The normalized spacial score (nSPS) is 18.6. The number of aryl methyl sites for hydroxylation is 1. The van der Waals surface area contributed by atoms with Crippen molar-refractivity contribution < 1.29 is 28.2 Å². The molecule has 1 aromatic carbocycles. The number of ether oxygens (including phenoxy) is 1. The van der Waals surface area contributed by atoms with Gasteiger partial charge in [0, 0.05) is 31.1 Å².